The summed E-state index contributed by atoms with van der Waals surface area (Å²) in [7, 11) is 2.18. The van der Waals surface area contributed by atoms with Crippen molar-refractivity contribution in [2.24, 2.45) is 0 Å². The molecule has 0 saturated heterocycles. The molecule has 0 unspecified atom stereocenters. The quantitative estimate of drug-likeness (QED) is 0.421. The average Bonchev–Trinajstić information content (AvgIpc) is 2.20. The minimum atomic E-state index is -3.97. The van der Waals surface area contributed by atoms with E-state index in [4.69, 9.17) is 22.3 Å². The maximum Gasteiger partial charge on any atom is 0.290 e. The van der Waals surface area contributed by atoms with E-state index >= 15 is 0 Å². The predicted octanol–water partition coefficient (Wildman–Crippen LogP) is 0.652. The molecule has 78 valence electrons. The molecule has 5 nitrogen and oxygen atoms in total. The van der Waals surface area contributed by atoms with Gasteiger partial charge in [0, 0.05) is 28.5 Å². The second kappa shape index (κ2) is 3.73. The molecule has 0 N–H and O–H groups in total. The van der Waals surface area contributed by atoms with Crippen LogP contribution in [0.1, 0.15) is 0 Å². The van der Waals surface area contributed by atoms with Crippen molar-refractivity contribution in [3.63, 3.8) is 0 Å². The molecule has 2 amide bonds. The normalized spacial score (nSPS) is 18.4. The van der Waals surface area contributed by atoms with Crippen LogP contribution in [0, 0.1) is 0 Å². The molecule has 1 heterocycles. The molecule has 0 fully saturated rings. The van der Waals surface area contributed by atoms with Gasteiger partial charge in [0.15, 0.2) is 0 Å². The summed E-state index contributed by atoms with van der Waals surface area (Å²) >= 11 is 5.45. The number of carbonyl (C=O) groups is 2. The average molecular weight is 276 g/mol. The van der Waals surface area contributed by atoms with E-state index in [-0.39, 0.29) is 15.7 Å². The molecule has 0 saturated carbocycles. The molecule has 0 spiro atoms. The first-order valence-corrected chi connectivity index (χ1v) is 7.12. The van der Waals surface area contributed by atoms with Gasteiger partial charge in [-0.15, -0.1) is 0 Å². The largest absolute Gasteiger partial charge is 0.290 e. The number of rotatable bonds is 2. The van der Waals surface area contributed by atoms with E-state index < -0.39 is 24.9 Å². The van der Waals surface area contributed by atoms with E-state index in [1.807, 2.05) is 0 Å². The summed E-state index contributed by atoms with van der Waals surface area (Å²) in [5, 5.41) is -0.424. The number of hydrogen-bond acceptors (Lipinski definition) is 5. The first-order valence-electron chi connectivity index (χ1n) is 3.10. The minimum absolute atomic E-state index is 0.0614. The highest BCUT2D eigenvalue weighted by molar-refractivity contribution is 8.81. The van der Waals surface area contributed by atoms with Crippen LogP contribution in [0.15, 0.2) is 9.94 Å². The zero-order valence-electron chi connectivity index (χ0n) is 6.65. The lowest BCUT2D eigenvalue weighted by atomic mass is 10.5. The number of halogens is 2. The van der Waals surface area contributed by atoms with Crippen molar-refractivity contribution in [1.82, 2.24) is 4.90 Å². The number of amides is 2. The van der Waals surface area contributed by atoms with Gasteiger partial charge in [0.25, 0.3) is 19.9 Å². The van der Waals surface area contributed by atoms with E-state index in [9.17, 15) is 18.0 Å². The van der Waals surface area contributed by atoms with Crippen molar-refractivity contribution in [2.45, 2.75) is 0 Å². The van der Waals surface area contributed by atoms with Crippen molar-refractivity contribution >= 4 is 53.0 Å². The summed E-state index contributed by atoms with van der Waals surface area (Å²) in [5.74, 6) is -1.51. The van der Waals surface area contributed by atoms with Crippen LogP contribution in [-0.2, 0) is 17.7 Å². The lowest BCUT2D eigenvalue weighted by molar-refractivity contribution is -0.135. The molecule has 0 atom stereocenters. The van der Waals surface area contributed by atoms with Gasteiger partial charge in [-0.2, -0.15) is 0 Å². The molecule has 0 radical (unpaired) electrons. The first kappa shape index (κ1) is 11.8. The van der Waals surface area contributed by atoms with E-state index in [0.717, 1.165) is 0 Å². The maximum atomic E-state index is 11.2. The first-order chi connectivity index (χ1) is 6.24. The van der Waals surface area contributed by atoms with Crippen LogP contribution >= 0.6 is 33.1 Å². The summed E-state index contributed by atoms with van der Waals surface area (Å²) < 4.78 is 21.3. The van der Waals surface area contributed by atoms with Gasteiger partial charge < -0.3 is 0 Å². The zero-order valence-corrected chi connectivity index (χ0v) is 9.80. The molecule has 1 rings (SSSR count). The summed E-state index contributed by atoms with van der Waals surface area (Å²) in [6.07, 6.45) is 0. The Bertz CT molecular complexity index is 441. The molecule has 0 aromatic rings. The number of carbonyl (C=O) groups excluding carboxylic acids is 2. The van der Waals surface area contributed by atoms with Gasteiger partial charge >= 0.3 is 0 Å². The summed E-state index contributed by atoms with van der Waals surface area (Å²) in [6.45, 7) is 0. The Morgan fingerprint density at radius 2 is 1.79 bits per heavy atom. The van der Waals surface area contributed by atoms with Crippen LogP contribution in [0.3, 0.4) is 0 Å². The fourth-order valence-corrected chi connectivity index (χ4v) is 3.41. The third-order valence-corrected chi connectivity index (χ3v) is 4.24. The van der Waals surface area contributed by atoms with Gasteiger partial charge in [-0.3, -0.25) is 14.5 Å². The van der Waals surface area contributed by atoms with Crippen LogP contribution in [-0.4, -0.2) is 32.2 Å². The Morgan fingerprint density at radius 1 is 1.29 bits per heavy atom. The second-order valence-electron chi connectivity index (χ2n) is 2.29. The molecular formula is C5H3Cl2NO4S2. The van der Waals surface area contributed by atoms with Gasteiger partial charge in [-0.05, 0) is 0 Å². The van der Waals surface area contributed by atoms with Crippen LogP contribution in [0.2, 0.25) is 0 Å². The standard InChI is InChI=1S/C5H3Cl2NO4S2/c1-8-4(9)2(6)3(5(8)10)13-14(7,11)12/h1H3. The molecule has 9 heteroatoms. The lowest BCUT2D eigenvalue weighted by Gasteiger charge is -2.04. The fraction of sp³-hybridized carbons (Fsp3) is 0.200. The van der Waals surface area contributed by atoms with Gasteiger partial charge in [0.05, 0.1) is 0 Å². The molecule has 0 bridgehead atoms. The Hall–Kier alpha value is -0.240. The number of nitrogens with zero attached hydrogens (tertiary/aromatic N) is 1. The third-order valence-electron chi connectivity index (χ3n) is 1.37. The Balaban J connectivity index is 3.11. The highest BCUT2D eigenvalue weighted by Gasteiger charge is 2.37. The van der Waals surface area contributed by atoms with Crippen molar-refractivity contribution in [3.05, 3.63) is 9.94 Å². The van der Waals surface area contributed by atoms with E-state index in [0.29, 0.717) is 4.90 Å². The molecule has 0 aromatic carbocycles. The van der Waals surface area contributed by atoms with Gasteiger partial charge in [-0.25, -0.2) is 8.42 Å². The van der Waals surface area contributed by atoms with E-state index in [1.165, 1.54) is 7.05 Å². The van der Waals surface area contributed by atoms with Crippen molar-refractivity contribution in [3.8, 4) is 0 Å². The highest BCUT2D eigenvalue weighted by atomic mass is 35.8. The van der Waals surface area contributed by atoms with E-state index in [1.54, 1.807) is 0 Å². The number of imide groups is 1. The van der Waals surface area contributed by atoms with E-state index in [2.05, 4.69) is 0 Å². The van der Waals surface area contributed by atoms with Crippen molar-refractivity contribution < 1.29 is 18.0 Å². The Kier molecular flexibility index (Phi) is 3.15. The van der Waals surface area contributed by atoms with Crippen LogP contribution in [0.25, 0.3) is 0 Å². The maximum absolute atomic E-state index is 11.2. The van der Waals surface area contributed by atoms with Crippen LogP contribution < -0.4 is 0 Å². The molecule has 1 aliphatic rings. The minimum Gasteiger partial charge on any atom is -0.276 e. The highest BCUT2D eigenvalue weighted by Crippen LogP contribution is 2.36. The summed E-state index contributed by atoms with van der Waals surface area (Å²) in [4.78, 5) is 22.6. The lowest BCUT2D eigenvalue weighted by Crippen LogP contribution is -2.26. The summed E-state index contributed by atoms with van der Waals surface area (Å²) in [6, 6.07) is 0. The SMILES string of the molecule is CN1C(=O)C(Cl)=C(SS(=O)(=O)Cl)C1=O. The molecule has 0 aliphatic carbocycles. The zero-order chi connectivity index (χ0) is 11.1. The molecule has 1 aliphatic heterocycles. The van der Waals surface area contributed by atoms with Gasteiger partial charge in [0.1, 0.15) is 9.94 Å². The molecular weight excluding hydrogens is 273 g/mol. The van der Waals surface area contributed by atoms with Crippen molar-refractivity contribution in [1.29, 1.82) is 0 Å². The monoisotopic (exact) mass is 275 g/mol. The van der Waals surface area contributed by atoms with Gasteiger partial charge in [0.2, 0.25) is 0 Å². The number of hydrogen-bond donors (Lipinski definition) is 0. The third kappa shape index (κ3) is 2.22. The summed E-state index contributed by atoms with van der Waals surface area (Å²) in [5.41, 5.74) is 0. The Labute approximate surface area is 92.8 Å². The van der Waals surface area contributed by atoms with Crippen molar-refractivity contribution in [2.75, 3.05) is 7.05 Å². The fourth-order valence-electron chi connectivity index (χ4n) is 0.755. The molecule has 14 heavy (non-hydrogen) atoms. The van der Waals surface area contributed by atoms with Crippen LogP contribution in [0.4, 0.5) is 0 Å². The molecule has 0 aromatic heterocycles. The predicted molar refractivity (Wildman–Crippen MR) is 53.0 cm³/mol. The number of likely N-dealkylation sites (N-methyl/N-ethyl adjacent to an activating group) is 1. The topological polar surface area (TPSA) is 71.5 Å². The Morgan fingerprint density at radius 3 is 2.07 bits per heavy atom. The smallest absolute Gasteiger partial charge is 0.276 e. The second-order valence-corrected chi connectivity index (χ2v) is 7.61. The van der Waals surface area contributed by atoms with Gasteiger partial charge in [-0.1, -0.05) is 11.6 Å². The van der Waals surface area contributed by atoms with Crippen LogP contribution in [0.5, 0.6) is 0 Å².